The van der Waals surface area contributed by atoms with Gasteiger partial charge in [0.2, 0.25) is 0 Å². The Kier molecular flexibility index (Phi) is 3.21. The van der Waals surface area contributed by atoms with Crippen LogP contribution in [0.3, 0.4) is 0 Å². The molecule has 0 aliphatic carbocycles. The molecule has 0 aromatic carbocycles. The quantitative estimate of drug-likeness (QED) is 0.761. The number of nitrogens with zero attached hydrogens (tertiary/aromatic N) is 2. The minimum atomic E-state index is -3.80. The molecule has 0 unspecified atom stereocenters. The molecule has 0 saturated heterocycles. The maximum atomic E-state index is 11.0. The molecule has 0 N–H and O–H groups in total. The van der Waals surface area contributed by atoms with Gasteiger partial charge in [0, 0.05) is 17.2 Å². The third-order valence-corrected chi connectivity index (χ3v) is 3.14. The zero-order valence-electron chi connectivity index (χ0n) is 6.87. The van der Waals surface area contributed by atoms with Crippen molar-refractivity contribution in [2.45, 2.75) is 24.9 Å². The lowest BCUT2D eigenvalue weighted by molar-refractivity contribution is 0.537. The van der Waals surface area contributed by atoms with Gasteiger partial charge in [0.15, 0.2) is 5.03 Å². The van der Waals surface area contributed by atoms with Crippen LogP contribution in [0.1, 0.15) is 13.3 Å². The predicted octanol–water partition coefficient (Wildman–Crippen LogP) is 1.87. The molecule has 0 bridgehead atoms. The van der Waals surface area contributed by atoms with Gasteiger partial charge in [0.05, 0.1) is 11.2 Å². The lowest BCUT2D eigenvalue weighted by Crippen LogP contribution is -2.06. The highest BCUT2D eigenvalue weighted by Gasteiger charge is 2.20. The topological polar surface area (TPSA) is 52.0 Å². The van der Waals surface area contributed by atoms with Gasteiger partial charge >= 0.3 is 0 Å². The van der Waals surface area contributed by atoms with E-state index in [0.717, 1.165) is 6.42 Å². The third kappa shape index (κ3) is 2.36. The molecule has 1 aromatic heterocycles. The molecule has 1 aromatic rings. The highest BCUT2D eigenvalue weighted by Crippen LogP contribution is 2.24. The van der Waals surface area contributed by atoms with Crippen LogP contribution in [0.25, 0.3) is 0 Å². The number of aromatic nitrogens is 2. The van der Waals surface area contributed by atoms with Gasteiger partial charge in [-0.3, -0.25) is 4.68 Å². The summed E-state index contributed by atoms with van der Waals surface area (Å²) in [6.07, 6.45) is 2.03. The van der Waals surface area contributed by atoms with Crippen LogP contribution in [0.2, 0.25) is 5.02 Å². The Labute approximate surface area is 85.9 Å². The van der Waals surface area contributed by atoms with E-state index >= 15 is 0 Å². The Hall–Kier alpha value is -0.260. The molecule has 1 heterocycles. The van der Waals surface area contributed by atoms with Crippen LogP contribution < -0.4 is 0 Å². The van der Waals surface area contributed by atoms with E-state index < -0.39 is 9.05 Å². The van der Waals surface area contributed by atoms with Gasteiger partial charge in [-0.2, -0.15) is 5.10 Å². The van der Waals surface area contributed by atoms with Crippen molar-refractivity contribution in [1.82, 2.24) is 9.78 Å². The molecular weight excluding hydrogens is 235 g/mol. The van der Waals surface area contributed by atoms with E-state index in [-0.39, 0.29) is 10.0 Å². The van der Waals surface area contributed by atoms with Gasteiger partial charge in [0.25, 0.3) is 9.05 Å². The van der Waals surface area contributed by atoms with Crippen LogP contribution >= 0.6 is 22.3 Å². The van der Waals surface area contributed by atoms with E-state index in [2.05, 4.69) is 5.10 Å². The van der Waals surface area contributed by atoms with Crippen molar-refractivity contribution in [3.63, 3.8) is 0 Å². The normalized spacial score (nSPS) is 11.9. The minimum Gasteiger partial charge on any atom is -0.252 e. The molecule has 0 radical (unpaired) electrons. The van der Waals surface area contributed by atoms with Gasteiger partial charge in [-0.05, 0) is 6.42 Å². The third-order valence-electron chi connectivity index (χ3n) is 1.42. The van der Waals surface area contributed by atoms with Crippen LogP contribution in [-0.2, 0) is 15.6 Å². The molecule has 0 atom stereocenters. The molecule has 1 rings (SSSR count). The lowest BCUT2D eigenvalue weighted by atomic mass is 10.5. The second-order valence-corrected chi connectivity index (χ2v) is 5.35. The molecule has 0 aliphatic rings. The first kappa shape index (κ1) is 10.8. The molecule has 13 heavy (non-hydrogen) atoms. The Morgan fingerprint density at radius 2 is 2.23 bits per heavy atom. The summed E-state index contributed by atoms with van der Waals surface area (Å²) in [6, 6.07) is 0. The fourth-order valence-electron chi connectivity index (χ4n) is 0.965. The van der Waals surface area contributed by atoms with Gasteiger partial charge < -0.3 is 0 Å². The minimum absolute atomic E-state index is 0.0588. The first-order valence-corrected chi connectivity index (χ1v) is 6.31. The highest BCUT2D eigenvalue weighted by atomic mass is 35.7. The van der Waals surface area contributed by atoms with E-state index in [9.17, 15) is 8.42 Å². The Morgan fingerprint density at radius 3 is 2.69 bits per heavy atom. The van der Waals surface area contributed by atoms with E-state index in [4.69, 9.17) is 22.3 Å². The SMILES string of the molecule is CCCn1ncc(Cl)c1S(=O)(=O)Cl. The number of aryl methyl sites for hydroxylation is 1. The number of halogens is 2. The monoisotopic (exact) mass is 242 g/mol. The van der Waals surface area contributed by atoms with Crippen molar-refractivity contribution >= 4 is 31.3 Å². The molecule has 0 fully saturated rings. The van der Waals surface area contributed by atoms with Crippen molar-refractivity contribution in [2.75, 3.05) is 0 Å². The smallest absolute Gasteiger partial charge is 0.252 e. The summed E-state index contributed by atoms with van der Waals surface area (Å²) in [5.41, 5.74) is 0. The summed E-state index contributed by atoms with van der Waals surface area (Å²) in [6.45, 7) is 2.38. The van der Waals surface area contributed by atoms with Crippen molar-refractivity contribution in [3.05, 3.63) is 11.2 Å². The largest absolute Gasteiger partial charge is 0.279 e. The first-order valence-electron chi connectivity index (χ1n) is 3.62. The van der Waals surface area contributed by atoms with Gasteiger partial charge in [-0.1, -0.05) is 18.5 Å². The maximum Gasteiger partial charge on any atom is 0.279 e. The van der Waals surface area contributed by atoms with Gasteiger partial charge in [-0.15, -0.1) is 0 Å². The fourth-order valence-corrected chi connectivity index (χ4v) is 2.69. The predicted molar refractivity (Wildman–Crippen MR) is 50.6 cm³/mol. The second kappa shape index (κ2) is 3.86. The van der Waals surface area contributed by atoms with E-state index in [0.29, 0.717) is 6.54 Å². The number of hydrogen-bond acceptors (Lipinski definition) is 3. The molecule has 0 amide bonds. The Balaban J connectivity index is 3.25. The van der Waals surface area contributed by atoms with Crippen LogP contribution in [0.15, 0.2) is 11.2 Å². The van der Waals surface area contributed by atoms with Gasteiger partial charge in [0.1, 0.15) is 0 Å². The highest BCUT2D eigenvalue weighted by molar-refractivity contribution is 8.13. The summed E-state index contributed by atoms with van der Waals surface area (Å²) in [5.74, 6) is 0. The van der Waals surface area contributed by atoms with E-state index in [1.165, 1.54) is 10.9 Å². The van der Waals surface area contributed by atoms with Crippen molar-refractivity contribution < 1.29 is 8.42 Å². The zero-order chi connectivity index (χ0) is 10.1. The number of rotatable bonds is 3. The molecule has 0 spiro atoms. The zero-order valence-corrected chi connectivity index (χ0v) is 9.20. The second-order valence-electron chi connectivity index (χ2n) is 2.46. The lowest BCUT2D eigenvalue weighted by Gasteiger charge is -2.01. The van der Waals surface area contributed by atoms with Crippen molar-refractivity contribution in [3.8, 4) is 0 Å². The summed E-state index contributed by atoms with van der Waals surface area (Å²) in [5, 5.41) is 3.72. The van der Waals surface area contributed by atoms with Crippen molar-refractivity contribution in [1.29, 1.82) is 0 Å². The summed E-state index contributed by atoms with van der Waals surface area (Å²) >= 11 is 5.62. The van der Waals surface area contributed by atoms with Crippen LogP contribution in [-0.4, -0.2) is 18.2 Å². The Morgan fingerprint density at radius 1 is 1.62 bits per heavy atom. The maximum absolute atomic E-state index is 11.0. The van der Waals surface area contributed by atoms with Crippen LogP contribution in [0, 0.1) is 0 Å². The molecule has 4 nitrogen and oxygen atoms in total. The standard InChI is InChI=1S/C6H8Cl2N2O2S/c1-2-3-10-6(13(8,11)12)5(7)4-9-10/h4H,2-3H2,1H3. The first-order chi connectivity index (χ1) is 5.96. The average Bonchev–Trinajstić information content (AvgIpc) is 2.31. The van der Waals surface area contributed by atoms with Crippen molar-refractivity contribution in [2.24, 2.45) is 0 Å². The number of hydrogen-bond donors (Lipinski definition) is 0. The molecular formula is C6H8Cl2N2O2S. The molecule has 0 saturated carbocycles. The average molecular weight is 243 g/mol. The summed E-state index contributed by atoms with van der Waals surface area (Å²) in [7, 11) is 1.37. The molecule has 0 aliphatic heterocycles. The van der Waals surface area contributed by atoms with E-state index in [1.807, 2.05) is 6.92 Å². The summed E-state index contributed by atoms with van der Waals surface area (Å²) < 4.78 is 23.3. The molecule has 74 valence electrons. The summed E-state index contributed by atoms with van der Waals surface area (Å²) in [4.78, 5) is 0. The van der Waals surface area contributed by atoms with E-state index in [1.54, 1.807) is 0 Å². The molecule has 7 heteroatoms. The van der Waals surface area contributed by atoms with Crippen LogP contribution in [0.5, 0.6) is 0 Å². The van der Waals surface area contributed by atoms with Gasteiger partial charge in [-0.25, -0.2) is 8.42 Å². The fraction of sp³-hybridized carbons (Fsp3) is 0.500. The van der Waals surface area contributed by atoms with Crippen LogP contribution in [0.4, 0.5) is 0 Å². The Bertz CT molecular complexity index is 399.